The van der Waals surface area contributed by atoms with Crippen LogP contribution in [0.2, 0.25) is 0 Å². The van der Waals surface area contributed by atoms with Crippen LogP contribution >= 0.6 is 11.3 Å². The van der Waals surface area contributed by atoms with Crippen LogP contribution in [0, 0.1) is 6.92 Å². The molecule has 0 bridgehead atoms. The van der Waals surface area contributed by atoms with Crippen molar-refractivity contribution in [2.75, 3.05) is 0 Å². The van der Waals surface area contributed by atoms with Crippen LogP contribution in [-0.2, 0) is 0 Å². The maximum absolute atomic E-state index is 9.56. The van der Waals surface area contributed by atoms with Crippen molar-refractivity contribution >= 4 is 32.9 Å². The van der Waals surface area contributed by atoms with Gasteiger partial charge in [-0.25, -0.2) is 4.98 Å². The average molecular weight is 361 g/mol. The molecule has 0 radical (unpaired) electrons. The molecule has 0 spiro atoms. The van der Waals surface area contributed by atoms with Crippen LogP contribution in [0.5, 0.6) is 11.5 Å². The van der Waals surface area contributed by atoms with Crippen molar-refractivity contribution in [1.82, 2.24) is 4.98 Å². The van der Waals surface area contributed by atoms with Gasteiger partial charge in [0, 0.05) is 11.6 Å². The molecule has 1 aromatic heterocycles. The summed E-state index contributed by atoms with van der Waals surface area (Å²) in [4.78, 5) is 4.57. The Hall–Kier alpha value is -3.25. The van der Waals surface area contributed by atoms with Crippen LogP contribution in [0.15, 0.2) is 70.9 Å². The Bertz CT molecular complexity index is 1120. The minimum Gasteiger partial charge on any atom is -0.508 e. The van der Waals surface area contributed by atoms with Crippen molar-refractivity contribution in [3.63, 3.8) is 0 Å². The minimum absolute atomic E-state index is 0.217. The minimum atomic E-state index is 0.217. The van der Waals surface area contributed by atoms with Crippen LogP contribution in [0.4, 0.5) is 11.4 Å². The van der Waals surface area contributed by atoms with Crippen molar-refractivity contribution < 1.29 is 10.2 Å². The third-order valence-electron chi connectivity index (χ3n) is 3.94. The Labute approximate surface area is 153 Å². The molecule has 0 amide bonds. The Balaban J connectivity index is 1.58. The highest BCUT2D eigenvalue weighted by Gasteiger charge is 2.07. The van der Waals surface area contributed by atoms with Crippen molar-refractivity contribution in [3.8, 4) is 22.1 Å². The normalized spacial score (nSPS) is 11.4. The lowest BCUT2D eigenvalue weighted by atomic mass is 10.2. The number of rotatable bonds is 3. The van der Waals surface area contributed by atoms with E-state index >= 15 is 0 Å². The quantitative estimate of drug-likeness (QED) is 0.433. The summed E-state index contributed by atoms with van der Waals surface area (Å²) < 4.78 is 1.03. The molecule has 1 heterocycles. The topological polar surface area (TPSA) is 78.1 Å². The van der Waals surface area contributed by atoms with Crippen LogP contribution in [-0.4, -0.2) is 15.2 Å². The number of hydrogen-bond acceptors (Lipinski definition) is 6. The first-order valence-electron chi connectivity index (χ1n) is 8.00. The molecule has 0 atom stereocenters. The fourth-order valence-corrected chi connectivity index (χ4v) is 3.52. The van der Waals surface area contributed by atoms with Gasteiger partial charge in [0.25, 0.3) is 0 Å². The number of hydrogen-bond donors (Lipinski definition) is 2. The number of aromatic nitrogens is 1. The van der Waals surface area contributed by atoms with E-state index in [1.54, 1.807) is 41.7 Å². The van der Waals surface area contributed by atoms with Crippen LogP contribution in [0.1, 0.15) is 5.56 Å². The highest BCUT2D eigenvalue weighted by Crippen LogP contribution is 2.33. The molecular weight excluding hydrogens is 346 g/mol. The second kappa shape index (κ2) is 6.57. The van der Waals surface area contributed by atoms with Crippen molar-refractivity contribution in [2.45, 2.75) is 6.92 Å². The van der Waals surface area contributed by atoms with Gasteiger partial charge < -0.3 is 10.2 Å². The number of aryl methyl sites for hydroxylation is 1. The zero-order chi connectivity index (χ0) is 18.1. The smallest absolute Gasteiger partial charge is 0.124 e. The molecule has 0 aliphatic rings. The van der Waals surface area contributed by atoms with E-state index in [2.05, 4.69) is 15.2 Å². The van der Waals surface area contributed by atoms with E-state index < -0.39 is 0 Å². The molecular formula is C20H15N3O2S. The summed E-state index contributed by atoms with van der Waals surface area (Å²) in [7, 11) is 0. The molecule has 26 heavy (non-hydrogen) atoms. The third-order valence-corrected chi connectivity index (χ3v) is 5.02. The van der Waals surface area contributed by atoms with Gasteiger partial charge in [0.1, 0.15) is 16.5 Å². The fraction of sp³-hybridized carbons (Fsp3) is 0.0500. The summed E-state index contributed by atoms with van der Waals surface area (Å²) in [6, 6.07) is 17.9. The summed E-state index contributed by atoms with van der Waals surface area (Å²) in [5.74, 6) is 0.435. The van der Waals surface area contributed by atoms with E-state index in [4.69, 9.17) is 0 Å². The Morgan fingerprint density at radius 2 is 1.58 bits per heavy atom. The summed E-state index contributed by atoms with van der Waals surface area (Å²) in [6.45, 7) is 1.88. The summed E-state index contributed by atoms with van der Waals surface area (Å²) in [5.41, 5.74) is 4.10. The molecule has 2 N–H and O–H groups in total. The van der Waals surface area contributed by atoms with E-state index in [1.807, 2.05) is 37.3 Å². The highest BCUT2D eigenvalue weighted by molar-refractivity contribution is 7.21. The van der Waals surface area contributed by atoms with Gasteiger partial charge >= 0.3 is 0 Å². The first kappa shape index (κ1) is 16.2. The molecule has 0 unspecified atom stereocenters. The van der Waals surface area contributed by atoms with Crippen molar-refractivity contribution in [3.05, 3.63) is 66.2 Å². The summed E-state index contributed by atoms with van der Waals surface area (Å²) in [6.07, 6.45) is 0. The number of phenols is 2. The van der Waals surface area contributed by atoms with Crippen LogP contribution in [0.3, 0.4) is 0 Å². The van der Waals surface area contributed by atoms with Crippen LogP contribution in [0.25, 0.3) is 20.8 Å². The number of aromatic hydroxyl groups is 2. The zero-order valence-corrected chi connectivity index (χ0v) is 14.7. The Kier molecular flexibility index (Phi) is 4.10. The number of azo groups is 1. The first-order valence-corrected chi connectivity index (χ1v) is 8.81. The number of thiazole rings is 1. The van der Waals surface area contributed by atoms with Gasteiger partial charge in [-0.3, -0.25) is 0 Å². The van der Waals surface area contributed by atoms with Crippen LogP contribution < -0.4 is 0 Å². The van der Waals surface area contributed by atoms with Gasteiger partial charge in [0.15, 0.2) is 0 Å². The lowest BCUT2D eigenvalue weighted by molar-refractivity contribution is 0.474. The van der Waals surface area contributed by atoms with Crippen molar-refractivity contribution in [2.24, 2.45) is 10.2 Å². The lowest BCUT2D eigenvalue weighted by Crippen LogP contribution is -1.75. The maximum Gasteiger partial charge on any atom is 0.124 e. The predicted octanol–water partition coefficient (Wildman–Crippen LogP) is 6.10. The van der Waals surface area contributed by atoms with Crippen molar-refractivity contribution in [1.29, 1.82) is 0 Å². The Morgan fingerprint density at radius 3 is 2.35 bits per heavy atom. The average Bonchev–Trinajstić information content (AvgIpc) is 3.04. The fourth-order valence-electron chi connectivity index (χ4n) is 2.57. The molecule has 4 rings (SSSR count). The Morgan fingerprint density at radius 1 is 0.846 bits per heavy atom. The van der Waals surface area contributed by atoms with Gasteiger partial charge in [-0.05, 0) is 67.1 Å². The molecule has 3 aromatic carbocycles. The van der Waals surface area contributed by atoms with E-state index in [-0.39, 0.29) is 11.5 Å². The number of benzene rings is 3. The number of phenolic OH excluding ortho intramolecular Hbond substituents is 2. The molecule has 0 aliphatic heterocycles. The molecule has 0 saturated heterocycles. The molecule has 4 aromatic rings. The van der Waals surface area contributed by atoms with Gasteiger partial charge in [-0.15, -0.1) is 11.3 Å². The third kappa shape index (κ3) is 3.27. The summed E-state index contributed by atoms with van der Waals surface area (Å²) in [5, 5.41) is 28.4. The first-order chi connectivity index (χ1) is 12.6. The molecule has 0 fully saturated rings. The number of nitrogens with zero attached hydrogens (tertiary/aromatic N) is 3. The molecule has 0 aliphatic carbocycles. The maximum atomic E-state index is 9.56. The van der Waals surface area contributed by atoms with Gasteiger partial charge in [0.2, 0.25) is 0 Å². The number of fused-ring (bicyclic) bond motifs is 1. The molecule has 6 heteroatoms. The molecule has 5 nitrogen and oxygen atoms in total. The molecule has 128 valence electrons. The van der Waals surface area contributed by atoms with Gasteiger partial charge in [0.05, 0.1) is 21.6 Å². The van der Waals surface area contributed by atoms with E-state index in [0.29, 0.717) is 0 Å². The van der Waals surface area contributed by atoms with E-state index in [9.17, 15) is 10.2 Å². The SMILES string of the molecule is Cc1cc(O)ccc1/N=N/c1ccc(-c2nc3cc(O)ccc3s2)cc1. The highest BCUT2D eigenvalue weighted by atomic mass is 32.1. The largest absolute Gasteiger partial charge is 0.508 e. The van der Waals surface area contributed by atoms with E-state index in [1.165, 1.54) is 0 Å². The van der Waals surface area contributed by atoms with Gasteiger partial charge in [-0.1, -0.05) is 0 Å². The zero-order valence-electron chi connectivity index (χ0n) is 13.9. The second-order valence-corrected chi connectivity index (χ2v) is 6.92. The molecule has 0 saturated carbocycles. The second-order valence-electron chi connectivity index (χ2n) is 5.89. The van der Waals surface area contributed by atoms with E-state index in [0.717, 1.165) is 37.7 Å². The van der Waals surface area contributed by atoms with Gasteiger partial charge in [-0.2, -0.15) is 10.2 Å². The predicted molar refractivity (Wildman–Crippen MR) is 104 cm³/mol. The monoisotopic (exact) mass is 361 g/mol. The lowest BCUT2D eigenvalue weighted by Gasteiger charge is -2.00. The standard InChI is InChI=1S/C20H15N3O2S/c1-12-10-15(24)6-8-17(12)23-22-14-4-2-13(3-5-14)20-21-18-11-16(25)7-9-19(18)26-20/h2-11,24-25H,1H3/b23-22+. The summed E-state index contributed by atoms with van der Waals surface area (Å²) >= 11 is 1.58.